The van der Waals surface area contributed by atoms with Crippen LogP contribution in [0.25, 0.3) is 0 Å². The van der Waals surface area contributed by atoms with Crippen molar-refractivity contribution in [2.75, 3.05) is 13.2 Å². The summed E-state index contributed by atoms with van der Waals surface area (Å²) in [7, 11) is 0. The number of esters is 3. The standard InChI is InChI=1S/C56H108O6/c1-5-7-9-11-12-13-14-15-16-17-21-25-28-31-34-37-41-45-49-56(59)62-53(50-60-54(57)47-43-38-10-8-6-2)51-61-55(58)48-44-40-36-33-30-27-24-22-19-18-20-23-26-29-32-35-39-42-46-52(3)4/h52-53H,5-51H2,1-4H3/t53-/m0/s1. The molecule has 0 aromatic carbocycles. The molecule has 0 aliphatic heterocycles. The molecule has 0 fully saturated rings. The van der Waals surface area contributed by atoms with E-state index < -0.39 is 6.10 Å². The Morgan fingerprint density at radius 3 is 0.790 bits per heavy atom. The molecular weight excluding hydrogens is 769 g/mol. The third kappa shape index (κ3) is 49.4. The average Bonchev–Trinajstić information content (AvgIpc) is 3.26. The molecule has 1 atom stereocenters. The van der Waals surface area contributed by atoms with Crippen LogP contribution in [0.5, 0.6) is 0 Å². The molecule has 0 saturated heterocycles. The van der Waals surface area contributed by atoms with Crippen LogP contribution in [0.4, 0.5) is 0 Å². The van der Waals surface area contributed by atoms with Gasteiger partial charge in [-0.3, -0.25) is 14.4 Å². The van der Waals surface area contributed by atoms with Gasteiger partial charge in [0.25, 0.3) is 0 Å². The van der Waals surface area contributed by atoms with Crippen LogP contribution in [-0.4, -0.2) is 37.2 Å². The summed E-state index contributed by atoms with van der Waals surface area (Å²) in [4.78, 5) is 37.7. The monoisotopic (exact) mass is 877 g/mol. The van der Waals surface area contributed by atoms with Gasteiger partial charge in [0.2, 0.25) is 0 Å². The number of rotatable bonds is 51. The Bertz CT molecular complexity index is 933. The Balaban J connectivity index is 4.04. The third-order valence-electron chi connectivity index (χ3n) is 12.8. The van der Waals surface area contributed by atoms with Crippen LogP contribution in [0.1, 0.15) is 317 Å². The van der Waals surface area contributed by atoms with E-state index in [0.29, 0.717) is 19.3 Å². The fourth-order valence-corrected chi connectivity index (χ4v) is 8.57. The maximum absolute atomic E-state index is 12.8. The van der Waals surface area contributed by atoms with Crippen LogP contribution in [0.3, 0.4) is 0 Å². The molecule has 0 N–H and O–H groups in total. The zero-order valence-corrected chi connectivity index (χ0v) is 42.3. The number of hydrogen-bond donors (Lipinski definition) is 0. The molecule has 62 heavy (non-hydrogen) atoms. The highest BCUT2D eigenvalue weighted by atomic mass is 16.6. The largest absolute Gasteiger partial charge is 0.462 e. The zero-order chi connectivity index (χ0) is 45.2. The van der Waals surface area contributed by atoms with Crippen molar-refractivity contribution in [1.29, 1.82) is 0 Å². The highest BCUT2D eigenvalue weighted by Gasteiger charge is 2.19. The molecule has 0 heterocycles. The van der Waals surface area contributed by atoms with Crippen molar-refractivity contribution < 1.29 is 28.6 Å². The lowest BCUT2D eigenvalue weighted by Crippen LogP contribution is -2.30. The summed E-state index contributed by atoms with van der Waals surface area (Å²) in [5.41, 5.74) is 0. The zero-order valence-electron chi connectivity index (χ0n) is 42.3. The topological polar surface area (TPSA) is 78.9 Å². The van der Waals surface area contributed by atoms with Crippen molar-refractivity contribution in [1.82, 2.24) is 0 Å². The van der Waals surface area contributed by atoms with Gasteiger partial charge in [-0.1, -0.05) is 278 Å². The quantitative estimate of drug-likeness (QED) is 0.0344. The van der Waals surface area contributed by atoms with Gasteiger partial charge in [-0.25, -0.2) is 0 Å². The fraction of sp³-hybridized carbons (Fsp3) is 0.946. The normalized spacial score (nSPS) is 12.0. The second-order valence-corrected chi connectivity index (χ2v) is 19.7. The predicted octanol–water partition coefficient (Wildman–Crippen LogP) is 18.2. The smallest absolute Gasteiger partial charge is 0.306 e. The molecule has 0 saturated carbocycles. The molecule has 0 unspecified atom stereocenters. The van der Waals surface area contributed by atoms with Crippen molar-refractivity contribution in [2.45, 2.75) is 323 Å². The summed E-state index contributed by atoms with van der Waals surface area (Å²) < 4.78 is 16.7. The van der Waals surface area contributed by atoms with Gasteiger partial charge in [0, 0.05) is 19.3 Å². The van der Waals surface area contributed by atoms with E-state index in [1.807, 2.05) is 0 Å². The van der Waals surface area contributed by atoms with E-state index in [2.05, 4.69) is 27.7 Å². The van der Waals surface area contributed by atoms with E-state index in [-0.39, 0.29) is 31.1 Å². The summed E-state index contributed by atoms with van der Waals surface area (Å²) >= 11 is 0. The van der Waals surface area contributed by atoms with E-state index in [1.54, 1.807) is 0 Å². The highest BCUT2D eigenvalue weighted by Crippen LogP contribution is 2.18. The summed E-state index contributed by atoms with van der Waals surface area (Å²) in [6.45, 7) is 8.99. The number of carbonyl (C=O) groups is 3. The molecule has 6 heteroatoms. The minimum atomic E-state index is -0.759. The molecule has 0 spiro atoms. The maximum atomic E-state index is 12.8. The number of carbonyl (C=O) groups excluding carboxylic acids is 3. The van der Waals surface area contributed by atoms with Crippen LogP contribution < -0.4 is 0 Å². The van der Waals surface area contributed by atoms with Gasteiger partial charge < -0.3 is 14.2 Å². The Labute approximate surface area is 387 Å². The van der Waals surface area contributed by atoms with Crippen molar-refractivity contribution in [3.05, 3.63) is 0 Å². The van der Waals surface area contributed by atoms with Crippen molar-refractivity contribution in [3.63, 3.8) is 0 Å². The number of ether oxygens (including phenoxy) is 3. The van der Waals surface area contributed by atoms with Gasteiger partial charge in [-0.2, -0.15) is 0 Å². The van der Waals surface area contributed by atoms with E-state index in [0.717, 1.165) is 70.1 Å². The highest BCUT2D eigenvalue weighted by molar-refractivity contribution is 5.71. The van der Waals surface area contributed by atoms with Gasteiger partial charge in [-0.05, 0) is 25.2 Å². The molecule has 0 amide bonds. The number of hydrogen-bond acceptors (Lipinski definition) is 6. The van der Waals surface area contributed by atoms with Crippen molar-refractivity contribution in [2.24, 2.45) is 5.92 Å². The minimum Gasteiger partial charge on any atom is -0.462 e. The first kappa shape index (κ1) is 60.4. The molecule has 6 nitrogen and oxygen atoms in total. The molecule has 0 radical (unpaired) electrons. The van der Waals surface area contributed by atoms with E-state index >= 15 is 0 Å². The van der Waals surface area contributed by atoms with Gasteiger partial charge >= 0.3 is 17.9 Å². The maximum Gasteiger partial charge on any atom is 0.306 e. The first-order valence-electron chi connectivity index (χ1n) is 27.9. The molecule has 0 aromatic rings. The summed E-state index contributed by atoms with van der Waals surface area (Å²) in [5, 5.41) is 0. The van der Waals surface area contributed by atoms with E-state index in [1.165, 1.54) is 205 Å². The van der Waals surface area contributed by atoms with E-state index in [9.17, 15) is 14.4 Å². The molecule has 0 aromatic heterocycles. The van der Waals surface area contributed by atoms with Crippen LogP contribution in [0.2, 0.25) is 0 Å². The van der Waals surface area contributed by atoms with Crippen LogP contribution in [0, 0.1) is 5.92 Å². The lowest BCUT2D eigenvalue weighted by molar-refractivity contribution is -0.167. The second-order valence-electron chi connectivity index (χ2n) is 19.7. The molecule has 0 rings (SSSR count). The predicted molar refractivity (Wildman–Crippen MR) is 266 cm³/mol. The minimum absolute atomic E-state index is 0.0633. The van der Waals surface area contributed by atoms with Gasteiger partial charge in [-0.15, -0.1) is 0 Å². The third-order valence-corrected chi connectivity index (χ3v) is 12.8. The first-order chi connectivity index (χ1) is 30.4. The number of unbranched alkanes of at least 4 members (excludes halogenated alkanes) is 38. The van der Waals surface area contributed by atoms with Crippen LogP contribution >= 0.6 is 0 Å². The lowest BCUT2D eigenvalue weighted by atomic mass is 10.0. The SMILES string of the molecule is CCCCCCCCCCCCCCCCCCCCC(=O)O[C@@H](COC(=O)CCCCCCC)COC(=O)CCCCCCCCCCCCCCCCCCCCC(C)C. The Morgan fingerprint density at radius 2 is 0.532 bits per heavy atom. The van der Waals surface area contributed by atoms with Gasteiger partial charge in [0.1, 0.15) is 13.2 Å². The first-order valence-corrected chi connectivity index (χ1v) is 27.9. The summed E-state index contributed by atoms with van der Waals surface area (Å²) in [6.07, 6.45) is 54.2. The van der Waals surface area contributed by atoms with Crippen LogP contribution in [0.15, 0.2) is 0 Å². The van der Waals surface area contributed by atoms with Crippen molar-refractivity contribution in [3.8, 4) is 0 Å². The molecule has 0 aliphatic carbocycles. The second kappa shape index (κ2) is 50.4. The fourth-order valence-electron chi connectivity index (χ4n) is 8.57. The van der Waals surface area contributed by atoms with Gasteiger partial charge in [0.15, 0.2) is 6.10 Å². The summed E-state index contributed by atoms with van der Waals surface area (Å²) in [5.74, 6) is 0.00465. The van der Waals surface area contributed by atoms with E-state index in [4.69, 9.17) is 14.2 Å². The molecule has 0 bridgehead atoms. The lowest BCUT2D eigenvalue weighted by Gasteiger charge is -2.18. The molecule has 0 aliphatic rings. The average molecular weight is 877 g/mol. The molecular formula is C56H108O6. The summed E-state index contributed by atoms with van der Waals surface area (Å²) in [6, 6.07) is 0. The Morgan fingerprint density at radius 1 is 0.306 bits per heavy atom. The van der Waals surface area contributed by atoms with Crippen molar-refractivity contribution >= 4 is 17.9 Å². The van der Waals surface area contributed by atoms with Gasteiger partial charge in [0.05, 0.1) is 0 Å². The van der Waals surface area contributed by atoms with Crippen LogP contribution in [-0.2, 0) is 28.6 Å². The molecule has 368 valence electrons. The Kier molecular flexibility index (Phi) is 49.1. The Hall–Kier alpha value is -1.59.